The van der Waals surface area contributed by atoms with Crippen LogP contribution in [0, 0.1) is 11.7 Å². The molecular formula is C28H29FN4O3. The Bertz CT molecular complexity index is 1320. The number of carbonyl (C=O) groups excluding carboxylic acids is 1. The van der Waals surface area contributed by atoms with Gasteiger partial charge in [0.25, 0.3) is 0 Å². The third kappa shape index (κ3) is 6.27. The summed E-state index contributed by atoms with van der Waals surface area (Å²) in [6.45, 7) is 4.32. The van der Waals surface area contributed by atoms with E-state index in [1.54, 1.807) is 43.5 Å². The van der Waals surface area contributed by atoms with Gasteiger partial charge in [-0.2, -0.15) is 4.98 Å². The fourth-order valence-electron chi connectivity index (χ4n) is 3.70. The molecule has 0 radical (unpaired) electrons. The lowest BCUT2D eigenvalue weighted by Crippen LogP contribution is -2.14. The monoisotopic (exact) mass is 488 g/mol. The first-order chi connectivity index (χ1) is 17.4. The number of amides is 1. The molecule has 0 aliphatic rings. The predicted molar refractivity (Wildman–Crippen MR) is 137 cm³/mol. The number of anilines is 1. The lowest BCUT2D eigenvalue weighted by Gasteiger charge is -2.10. The van der Waals surface area contributed by atoms with Crippen molar-refractivity contribution in [3.05, 3.63) is 84.2 Å². The second kappa shape index (κ2) is 11.5. The van der Waals surface area contributed by atoms with Gasteiger partial charge < -0.3 is 14.8 Å². The topological polar surface area (TPSA) is 78.3 Å². The van der Waals surface area contributed by atoms with Crippen LogP contribution < -0.4 is 14.8 Å². The maximum atomic E-state index is 14.7. The van der Waals surface area contributed by atoms with Crippen molar-refractivity contribution in [1.29, 1.82) is 0 Å². The van der Waals surface area contributed by atoms with Gasteiger partial charge in [-0.3, -0.25) is 4.79 Å². The van der Waals surface area contributed by atoms with Gasteiger partial charge in [-0.25, -0.2) is 9.07 Å². The van der Waals surface area contributed by atoms with E-state index < -0.39 is 5.82 Å². The van der Waals surface area contributed by atoms with E-state index in [1.165, 1.54) is 10.7 Å². The number of nitrogens with one attached hydrogen (secondary N) is 1. The van der Waals surface area contributed by atoms with Gasteiger partial charge in [-0.15, -0.1) is 5.10 Å². The van der Waals surface area contributed by atoms with E-state index in [0.717, 1.165) is 11.3 Å². The minimum Gasteiger partial charge on any atom is -0.497 e. The summed E-state index contributed by atoms with van der Waals surface area (Å²) in [6, 6.07) is 21.4. The van der Waals surface area contributed by atoms with Gasteiger partial charge in [-0.05, 0) is 53.9 Å². The highest BCUT2D eigenvalue weighted by Gasteiger charge is 2.18. The normalized spacial score (nSPS) is 10.9. The predicted octanol–water partition coefficient (Wildman–Crippen LogP) is 5.69. The van der Waals surface area contributed by atoms with Crippen LogP contribution in [0.3, 0.4) is 0 Å². The molecule has 0 aliphatic carbocycles. The first-order valence-corrected chi connectivity index (χ1v) is 11.8. The lowest BCUT2D eigenvalue weighted by atomic mass is 10.1. The van der Waals surface area contributed by atoms with Crippen molar-refractivity contribution in [2.75, 3.05) is 19.0 Å². The van der Waals surface area contributed by atoms with E-state index in [0.29, 0.717) is 42.2 Å². The highest BCUT2D eigenvalue weighted by atomic mass is 19.1. The molecule has 0 saturated heterocycles. The number of hydrogen-bond acceptors (Lipinski definition) is 5. The molecule has 0 saturated carbocycles. The van der Waals surface area contributed by atoms with Crippen LogP contribution in [0.4, 0.5) is 10.1 Å². The van der Waals surface area contributed by atoms with Crippen molar-refractivity contribution < 1.29 is 18.7 Å². The zero-order valence-corrected chi connectivity index (χ0v) is 20.6. The standard InChI is InChI=1S/C28H29FN4O3/c1-19(2)17-26(34)30-21-7-6-8-22(18-21)33-27(24-9-4-5-10-25(24)29)31-28(32-33)36-16-15-20-11-13-23(35-3)14-12-20/h4-14,18-19H,15-17H2,1-3H3,(H,30,34). The number of hydrogen-bond donors (Lipinski definition) is 1. The average Bonchev–Trinajstić information content (AvgIpc) is 3.28. The van der Waals surface area contributed by atoms with Crippen LogP contribution in [0.1, 0.15) is 25.8 Å². The number of nitrogens with zero attached hydrogens (tertiary/aromatic N) is 3. The van der Waals surface area contributed by atoms with Gasteiger partial charge in [0.1, 0.15) is 11.6 Å². The molecule has 1 heterocycles. The van der Waals surface area contributed by atoms with Crippen molar-refractivity contribution in [3.63, 3.8) is 0 Å². The lowest BCUT2D eigenvalue weighted by molar-refractivity contribution is -0.116. The van der Waals surface area contributed by atoms with E-state index in [2.05, 4.69) is 15.4 Å². The summed E-state index contributed by atoms with van der Waals surface area (Å²) in [7, 11) is 1.63. The average molecular weight is 489 g/mol. The van der Waals surface area contributed by atoms with Gasteiger partial charge >= 0.3 is 6.01 Å². The molecule has 0 bridgehead atoms. The zero-order valence-electron chi connectivity index (χ0n) is 20.6. The molecule has 1 amide bonds. The van der Waals surface area contributed by atoms with E-state index in [1.807, 2.05) is 44.2 Å². The number of benzene rings is 3. The molecule has 3 aromatic carbocycles. The van der Waals surface area contributed by atoms with Gasteiger partial charge in [0.15, 0.2) is 5.82 Å². The minimum absolute atomic E-state index is 0.0716. The Kier molecular flexibility index (Phi) is 7.95. The molecule has 0 fully saturated rings. The summed E-state index contributed by atoms with van der Waals surface area (Å²) in [5.41, 5.74) is 2.61. The van der Waals surface area contributed by atoms with E-state index in [-0.39, 0.29) is 17.8 Å². The Labute approximate surface area is 209 Å². The summed E-state index contributed by atoms with van der Waals surface area (Å²) >= 11 is 0. The Morgan fingerprint density at radius 1 is 1.06 bits per heavy atom. The van der Waals surface area contributed by atoms with Gasteiger partial charge in [0.05, 0.1) is 25.0 Å². The molecule has 0 unspecified atom stereocenters. The summed E-state index contributed by atoms with van der Waals surface area (Å²) in [5.74, 6) is 0.846. The first-order valence-electron chi connectivity index (χ1n) is 11.8. The molecule has 0 spiro atoms. The van der Waals surface area contributed by atoms with Gasteiger partial charge in [0, 0.05) is 18.5 Å². The maximum Gasteiger partial charge on any atom is 0.336 e. The summed E-state index contributed by atoms with van der Waals surface area (Å²) in [6.07, 6.45) is 1.06. The number of carbonyl (C=O) groups is 1. The molecule has 1 N–H and O–H groups in total. The quantitative estimate of drug-likeness (QED) is 0.310. The van der Waals surface area contributed by atoms with Crippen molar-refractivity contribution in [3.8, 4) is 28.8 Å². The van der Waals surface area contributed by atoms with Crippen LogP contribution in [-0.2, 0) is 11.2 Å². The largest absolute Gasteiger partial charge is 0.497 e. The summed E-state index contributed by atoms with van der Waals surface area (Å²) in [5, 5.41) is 7.42. The minimum atomic E-state index is -0.419. The van der Waals surface area contributed by atoms with E-state index in [4.69, 9.17) is 9.47 Å². The van der Waals surface area contributed by atoms with Gasteiger partial charge in [-0.1, -0.05) is 44.2 Å². The Morgan fingerprint density at radius 3 is 2.56 bits per heavy atom. The highest BCUT2D eigenvalue weighted by molar-refractivity contribution is 5.91. The molecule has 0 aliphatic heterocycles. The zero-order chi connectivity index (χ0) is 25.5. The number of halogens is 1. The number of methoxy groups -OCH3 is 1. The van der Waals surface area contributed by atoms with Crippen LogP contribution in [0.5, 0.6) is 11.8 Å². The van der Waals surface area contributed by atoms with Crippen LogP contribution in [0.15, 0.2) is 72.8 Å². The van der Waals surface area contributed by atoms with Crippen molar-refractivity contribution in [2.45, 2.75) is 26.7 Å². The second-order valence-electron chi connectivity index (χ2n) is 8.75. The smallest absolute Gasteiger partial charge is 0.336 e. The molecule has 4 aromatic rings. The Balaban J connectivity index is 1.59. The van der Waals surface area contributed by atoms with Gasteiger partial charge in [0.2, 0.25) is 5.91 Å². The second-order valence-corrected chi connectivity index (χ2v) is 8.75. The molecule has 4 rings (SSSR count). The van der Waals surface area contributed by atoms with Crippen molar-refractivity contribution in [2.24, 2.45) is 5.92 Å². The first kappa shape index (κ1) is 24.9. The third-order valence-electron chi connectivity index (χ3n) is 5.45. The molecule has 8 heteroatoms. The molecular weight excluding hydrogens is 459 g/mol. The summed E-state index contributed by atoms with van der Waals surface area (Å²) < 4.78 is 27.3. The maximum absolute atomic E-state index is 14.7. The molecule has 7 nitrogen and oxygen atoms in total. The molecule has 0 atom stereocenters. The van der Waals surface area contributed by atoms with Crippen molar-refractivity contribution in [1.82, 2.24) is 14.8 Å². The van der Waals surface area contributed by atoms with Crippen LogP contribution in [0.2, 0.25) is 0 Å². The SMILES string of the molecule is COc1ccc(CCOc2nc(-c3ccccc3F)n(-c3cccc(NC(=O)CC(C)C)c3)n2)cc1. The number of ether oxygens (including phenoxy) is 2. The van der Waals surface area contributed by atoms with E-state index >= 15 is 0 Å². The molecule has 186 valence electrons. The third-order valence-corrected chi connectivity index (χ3v) is 5.45. The number of rotatable bonds is 10. The van der Waals surface area contributed by atoms with Crippen molar-refractivity contribution >= 4 is 11.6 Å². The van der Waals surface area contributed by atoms with Crippen LogP contribution in [0.25, 0.3) is 17.1 Å². The number of aromatic nitrogens is 3. The van der Waals surface area contributed by atoms with Crippen LogP contribution in [-0.4, -0.2) is 34.4 Å². The van der Waals surface area contributed by atoms with Crippen LogP contribution >= 0.6 is 0 Å². The fourth-order valence-corrected chi connectivity index (χ4v) is 3.70. The molecule has 36 heavy (non-hydrogen) atoms. The highest BCUT2D eigenvalue weighted by Crippen LogP contribution is 2.27. The Morgan fingerprint density at radius 2 is 1.83 bits per heavy atom. The van der Waals surface area contributed by atoms with E-state index in [9.17, 15) is 9.18 Å². The molecule has 1 aromatic heterocycles. The summed E-state index contributed by atoms with van der Waals surface area (Å²) in [4.78, 5) is 16.7. The Hall–Kier alpha value is -4.20. The fraction of sp³-hybridized carbons (Fsp3) is 0.250.